The average Bonchev–Trinajstić information content (AvgIpc) is 2.56. The highest BCUT2D eigenvalue weighted by Gasteiger charge is 2.30. The molecule has 0 saturated carbocycles. The Bertz CT molecular complexity index is 317. The number of aliphatic hydroxyl groups is 1. The molecule has 0 saturated heterocycles. The summed E-state index contributed by atoms with van der Waals surface area (Å²) in [7, 11) is 0. The second-order valence-electron chi connectivity index (χ2n) is 7.57. The Balaban J connectivity index is 3.25. The van der Waals surface area contributed by atoms with Gasteiger partial charge >= 0.3 is 0 Å². The van der Waals surface area contributed by atoms with E-state index in [-0.39, 0.29) is 5.78 Å². The topological polar surface area (TPSA) is 115 Å². The number of carbonyl (C=O) groups excluding carboxylic acids is 1. The summed E-state index contributed by atoms with van der Waals surface area (Å²) in [5, 5.41) is 9.54. The third-order valence-electron chi connectivity index (χ3n) is 4.81. The van der Waals surface area contributed by atoms with Crippen molar-refractivity contribution in [3.05, 3.63) is 0 Å². The molecule has 0 heterocycles. The van der Waals surface area contributed by atoms with Crippen molar-refractivity contribution in [3.63, 3.8) is 0 Å². The standard InChI is InChI=1S/C20H43N3O2/c1-2-3-4-5-6-7-8-9-10-11-12-13-14-15-16-17-18(24)19(25)20(21,22)23/h19,25H,2-17,21-23H2,1H3. The molecule has 0 aromatic carbocycles. The van der Waals surface area contributed by atoms with Gasteiger partial charge in [-0.15, -0.1) is 0 Å². The van der Waals surface area contributed by atoms with E-state index in [4.69, 9.17) is 17.2 Å². The maximum Gasteiger partial charge on any atom is 0.166 e. The smallest absolute Gasteiger partial charge is 0.166 e. The highest BCUT2D eigenvalue weighted by molar-refractivity contribution is 5.83. The monoisotopic (exact) mass is 357 g/mol. The predicted octanol–water partition coefficient (Wildman–Crippen LogP) is 3.71. The molecule has 0 fully saturated rings. The molecule has 0 rings (SSSR count). The molecule has 1 atom stereocenters. The van der Waals surface area contributed by atoms with Crippen LogP contribution in [0.4, 0.5) is 0 Å². The van der Waals surface area contributed by atoms with Crippen LogP contribution >= 0.6 is 0 Å². The van der Waals surface area contributed by atoms with Crippen molar-refractivity contribution >= 4 is 5.78 Å². The minimum absolute atomic E-state index is 0.298. The predicted molar refractivity (Wildman–Crippen MR) is 106 cm³/mol. The number of nitrogens with two attached hydrogens (primary N) is 3. The summed E-state index contributed by atoms with van der Waals surface area (Å²) in [5.74, 6) is -2.19. The van der Waals surface area contributed by atoms with Crippen molar-refractivity contribution in [1.82, 2.24) is 0 Å². The van der Waals surface area contributed by atoms with Crippen LogP contribution in [0.25, 0.3) is 0 Å². The molecule has 0 aliphatic rings. The molecule has 0 bridgehead atoms. The Morgan fingerprint density at radius 3 is 1.36 bits per heavy atom. The number of aliphatic hydroxyl groups excluding tert-OH is 1. The zero-order valence-corrected chi connectivity index (χ0v) is 16.5. The van der Waals surface area contributed by atoms with Gasteiger partial charge in [0.2, 0.25) is 0 Å². The Morgan fingerprint density at radius 1 is 0.720 bits per heavy atom. The lowest BCUT2D eigenvalue weighted by Gasteiger charge is -2.23. The van der Waals surface area contributed by atoms with Crippen LogP contribution in [0.15, 0.2) is 0 Å². The van der Waals surface area contributed by atoms with Crippen LogP contribution in [0.2, 0.25) is 0 Å². The quantitative estimate of drug-likeness (QED) is 0.220. The number of carbonyl (C=O) groups is 1. The van der Waals surface area contributed by atoms with Gasteiger partial charge in [0.05, 0.1) is 0 Å². The van der Waals surface area contributed by atoms with Crippen LogP contribution in [0.5, 0.6) is 0 Å². The zero-order chi connectivity index (χ0) is 19.0. The lowest BCUT2D eigenvalue weighted by Crippen LogP contribution is -2.68. The number of rotatable bonds is 18. The van der Waals surface area contributed by atoms with Crippen molar-refractivity contribution in [2.75, 3.05) is 0 Å². The summed E-state index contributed by atoms with van der Waals surface area (Å²) in [6.45, 7) is 2.26. The van der Waals surface area contributed by atoms with Gasteiger partial charge in [0.25, 0.3) is 0 Å². The summed E-state index contributed by atoms with van der Waals surface area (Å²) in [4.78, 5) is 11.6. The third-order valence-corrected chi connectivity index (χ3v) is 4.81. The fourth-order valence-electron chi connectivity index (χ4n) is 3.09. The van der Waals surface area contributed by atoms with E-state index in [9.17, 15) is 9.90 Å². The normalized spacial score (nSPS) is 13.2. The van der Waals surface area contributed by atoms with Gasteiger partial charge in [-0.2, -0.15) is 0 Å². The molecule has 0 amide bonds. The molecule has 0 radical (unpaired) electrons. The molecule has 0 aliphatic carbocycles. The molecule has 25 heavy (non-hydrogen) atoms. The molecule has 5 nitrogen and oxygen atoms in total. The van der Waals surface area contributed by atoms with Gasteiger partial charge in [-0.3, -0.25) is 22.0 Å². The Kier molecular flexibility index (Phi) is 15.4. The van der Waals surface area contributed by atoms with Crippen LogP contribution in [-0.2, 0) is 4.79 Å². The SMILES string of the molecule is CCCCCCCCCCCCCCCCCC(=O)C(O)C(N)(N)N. The van der Waals surface area contributed by atoms with Crippen LogP contribution in [0, 0.1) is 0 Å². The van der Waals surface area contributed by atoms with Gasteiger partial charge in [-0.1, -0.05) is 96.8 Å². The fourth-order valence-corrected chi connectivity index (χ4v) is 3.09. The Hall–Kier alpha value is -0.490. The molecular formula is C20H43N3O2. The molecule has 0 aromatic rings. The maximum atomic E-state index is 11.6. The van der Waals surface area contributed by atoms with Gasteiger partial charge < -0.3 is 5.11 Å². The highest BCUT2D eigenvalue weighted by atomic mass is 16.3. The first-order chi connectivity index (χ1) is 11.9. The van der Waals surface area contributed by atoms with E-state index >= 15 is 0 Å². The molecule has 7 N–H and O–H groups in total. The summed E-state index contributed by atoms with van der Waals surface area (Å²) in [6.07, 6.45) is 18.0. The first-order valence-electron chi connectivity index (χ1n) is 10.5. The van der Waals surface area contributed by atoms with Crippen LogP contribution < -0.4 is 17.2 Å². The van der Waals surface area contributed by atoms with Crippen LogP contribution in [0.3, 0.4) is 0 Å². The summed E-state index contributed by atoms with van der Waals surface area (Å²) < 4.78 is 0. The van der Waals surface area contributed by atoms with E-state index in [1.807, 2.05) is 0 Å². The Labute approximate surface area is 155 Å². The summed E-state index contributed by atoms with van der Waals surface area (Å²) >= 11 is 0. The molecule has 150 valence electrons. The maximum absolute atomic E-state index is 11.6. The zero-order valence-electron chi connectivity index (χ0n) is 16.5. The first-order valence-corrected chi connectivity index (χ1v) is 10.5. The molecule has 5 heteroatoms. The van der Waals surface area contributed by atoms with Crippen LogP contribution in [-0.4, -0.2) is 22.8 Å². The van der Waals surface area contributed by atoms with Crippen molar-refractivity contribution in [3.8, 4) is 0 Å². The van der Waals surface area contributed by atoms with Gasteiger partial charge in [0.1, 0.15) is 5.79 Å². The largest absolute Gasteiger partial charge is 0.380 e. The third kappa shape index (κ3) is 15.5. The number of unbranched alkanes of at least 4 members (excludes halogenated alkanes) is 14. The van der Waals surface area contributed by atoms with Crippen molar-refractivity contribution in [2.24, 2.45) is 17.2 Å². The lowest BCUT2D eigenvalue weighted by molar-refractivity contribution is -0.130. The van der Waals surface area contributed by atoms with Crippen molar-refractivity contribution < 1.29 is 9.90 Å². The van der Waals surface area contributed by atoms with E-state index in [0.717, 1.165) is 19.3 Å². The van der Waals surface area contributed by atoms with Crippen molar-refractivity contribution in [2.45, 2.75) is 122 Å². The van der Waals surface area contributed by atoms with E-state index < -0.39 is 11.9 Å². The number of Topliss-reactive ketones (excluding diaryl/α,β-unsaturated/α-hetero) is 1. The molecule has 0 aliphatic heterocycles. The highest BCUT2D eigenvalue weighted by Crippen LogP contribution is 2.14. The minimum Gasteiger partial charge on any atom is -0.380 e. The summed E-state index contributed by atoms with van der Waals surface area (Å²) in [6, 6.07) is 0. The Morgan fingerprint density at radius 2 is 1.04 bits per heavy atom. The molecule has 0 spiro atoms. The van der Waals surface area contributed by atoms with Gasteiger partial charge in [0, 0.05) is 6.42 Å². The van der Waals surface area contributed by atoms with Gasteiger partial charge in [-0.25, -0.2) is 0 Å². The van der Waals surface area contributed by atoms with E-state index in [1.54, 1.807) is 0 Å². The second-order valence-corrected chi connectivity index (χ2v) is 7.57. The first kappa shape index (κ1) is 24.5. The summed E-state index contributed by atoms with van der Waals surface area (Å²) in [5.41, 5.74) is 16.0. The lowest BCUT2D eigenvalue weighted by atomic mass is 10.0. The molecule has 0 aromatic heterocycles. The number of hydrogen-bond acceptors (Lipinski definition) is 5. The van der Waals surface area contributed by atoms with E-state index in [1.165, 1.54) is 77.0 Å². The number of hydrogen-bond donors (Lipinski definition) is 4. The molecule has 1 unspecified atom stereocenters. The average molecular weight is 358 g/mol. The van der Waals surface area contributed by atoms with Crippen molar-refractivity contribution in [1.29, 1.82) is 0 Å². The molecular weight excluding hydrogens is 314 g/mol. The van der Waals surface area contributed by atoms with E-state index in [2.05, 4.69) is 6.92 Å². The fraction of sp³-hybridized carbons (Fsp3) is 0.950. The second kappa shape index (κ2) is 15.7. The number of ketones is 1. The minimum atomic E-state index is -1.83. The van der Waals surface area contributed by atoms with E-state index in [0.29, 0.717) is 6.42 Å². The van der Waals surface area contributed by atoms with Crippen LogP contribution in [0.1, 0.15) is 110 Å². The van der Waals surface area contributed by atoms with Gasteiger partial charge in [0.15, 0.2) is 11.9 Å². The van der Waals surface area contributed by atoms with Gasteiger partial charge in [-0.05, 0) is 6.42 Å².